The number of nitro groups is 1. The average molecular weight is 235 g/mol. The fraction of sp³-hybridized carbons (Fsp3) is 0. The Balaban J connectivity index is 3.08. The highest BCUT2D eigenvalue weighted by molar-refractivity contribution is 5.82. The number of nitrogens with zero attached hydrogens (tertiary/aromatic N) is 1. The van der Waals surface area contributed by atoms with Crippen molar-refractivity contribution in [2.24, 2.45) is 0 Å². The molecule has 0 aliphatic heterocycles. The normalized spacial score (nSPS) is 10.4. The largest absolute Gasteiger partial charge is 0.328 e. The summed E-state index contributed by atoms with van der Waals surface area (Å²) in [4.78, 5) is 47.5. The van der Waals surface area contributed by atoms with Crippen molar-refractivity contribution in [2.75, 3.05) is 0 Å². The van der Waals surface area contributed by atoms with Crippen LogP contribution in [0.25, 0.3) is 10.8 Å². The van der Waals surface area contributed by atoms with Gasteiger partial charge in [0.25, 0.3) is 16.8 Å². The first-order valence-corrected chi connectivity index (χ1v) is 4.44. The molecular weight excluding hydrogens is 230 g/mol. The van der Waals surface area contributed by atoms with Crippen LogP contribution in [-0.2, 0) is 0 Å². The van der Waals surface area contributed by atoms with Crippen LogP contribution in [0.1, 0.15) is 0 Å². The SMILES string of the molecule is O=c1[nH]c(=O)c2ccc([N+](=O)[O-])cc2c(=O)[nH]1. The van der Waals surface area contributed by atoms with E-state index in [4.69, 9.17) is 0 Å². The van der Waals surface area contributed by atoms with Gasteiger partial charge in [-0.05, 0) is 6.07 Å². The Hall–Kier alpha value is -2.77. The van der Waals surface area contributed by atoms with Gasteiger partial charge in [-0.15, -0.1) is 0 Å². The van der Waals surface area contributed by atoms with Crippen LogP contribution in [-0.4, -0.2) is 14.9 Å². The summed E-state index contributed by atoms with van der Waals surface area (Å²) < 4.78 is 0. The minimum atomic E-state index is -0.959. The Morgan fingerprint density at radius 1 is 1.00 bits per heavy atom. The molecule has 0 atom stereocenters. The third kappa shape index (κ3) is 1.83. The molecule has 0 saturated carbocycles. The van der Waals surface area contributed by atoms with Crippen molar-refractivity contribution < 1.29 is 4.92 Å². The monoisotopic (exact) mass is 235 g/mol. The van der Waals surface area contributed by atoms with Crippen molar-refractivity contribution in [3.63, 3.8) is 0 Å². The lowest BCUT2D eigenvalue weighted by molar-refractivity contribution is -0.384. The molecule has 8 heteroatoms. The zero-order valence-corrected chi connectivity index (χ0v) is 8.22. The van der Waals surface area contributed by atoms with E-state index < -0.39 is 21.7 Å². The number of H-pyrrole nitrogens is 2. The van der Waals surface area contributed by atoms with E-state index in [-0.39, 0.29) is 16.5 Å². The first kappa shape index (κ1) is 10.7. The third-order valence-corrected chi connectivity index (χ3v) is 2.16. The van der Waals surface area contributed by atoms with Crippen LogP contribution < -0.4 is 16.8 Å². The highest BCUT2D eigenvalue weighted by atomic mass is 16.6. The van der Waals surface area contributed by atoms with Crippen LogP contribution in [0.2, 0.25) is 0 Å². The summed E-state index contributed by atoms with van der Waals surface area (Å²) in [5.41, 5.74) is -2.93. The first-order valence-electron chi connectivity index (χ1n) is 4.44. The molecule has 0 spiro atoms. The lowest BCUT2D eigenvalue weighted by atomic mass is 10.2. The first-order chi connectivity index (χ1) is 7.99. The number of nitrogens with one attached hydrogen (secondary N) is 2. The maximum Gasteiger partial charge on any atom is 0.328 e. The van der Waals surface area contributed by atoms with Crippen molar-refractivity contribution in [1.29, 1.82) is 0 Å². The number of benzene rings is 1. The molecular formula is C9H5N3O5. The molecule has 0 radical (unpaired) electrons. The maximum absolute atomic E-state index is 11.5. The van der Waals surface area contributed by atoms with Crippen molar-refractivity contribution in [3.8, 4) is 0 Å². The molecule has 2 rings (SSSR count). The highest BCUT2D eigenvalue weighted by Gasteiger charge is 2.09. The number of fused-ring (bicyclic) bond motifs is 1. The van der Waals surface area contributed by atoms with Crippen LogP contribution in [0.15, 0.2) is 32.6 Å². The molecule has 17 heavy (non-hydrogen) atoms. The summed E-state index contributed by atoms with van der Waals surface area (Å²) in [6.07, 6.45) is 0. The number of hydrogen-bond acceptors (Lipinski definition) is 5. The molecule has 1 aromatic heterocycles. The van der Waals surface area contributed by atoms with Crippen LogP contribution in [0, 0.1) is 10.1 Å². The minimum Gasteiger partial charge on any atom is -0.274 e. The van der Waals surface area contributed by atoms with E-state index in [0.717, 1.165) is 18.2 Å². The van der Waals surface area contributed by atoms with Crippen LogP contribution >= 0.6 is 0 Å². The zero-order valence-electron chi connectivity index (χ0n) is 8.22. The molecule has 86 valence electrons. The topological polar surface area (TPSA) is 126 Å². The molecule has 0 saturated heterocycles. The second-order valence-electron chi connectivity index (χ2n) is 3.22. The summed E-state index contributed by atoms with van der Waals surface area (Å²) in [7, 11) is 0. The summed E-state index contributed by atoms with van der Waals surface area (Å²) in [6, 6.07) is 3.16. The maximum atomic E-state index is 11.5. The smallest absolute Gasteiger partial charge is 0.274 e. The van der Waals surface area contributed by atoms with Gasteiger partial charge in [0.05, 0.1) is 15.7 Å². The molecule has 0 amide bonds. The van der Waals surface area contributed by atoms with Gasteiger partial charge in [-0.3, -0.25) is 29.7 Å². The zero-order chi connectivity index (χ0) is 12.6. The molecule has 2 N–H and O–H groups in total. The Morgan fingerprint density at radius 2 is 1.59 bits per heavy atom. The number of hydrogen-bond donors (Lipinski definition) is 2. The highest BCUT2D eigenvalue weighted by Crippen LogP contribution is 2.14. The second kappa shape index (κ2) is 3.67. The summed E-state index contributed by atoms with van der Waals surface area (Å²) >= 11 is 0. The average Bonchev–Trinajstić information content (AvgIpc) is 2.36. The molecule has 0 fully saturated rings. The summed E-state index contributed by atoms with van der Waals surface area (Å²) in [6.45, 7) is 0. The van der Waals surface area contributed by atoms with Crippen molar-refractivity contribution in [1.82, 2.24) is 9.97 Å². The van der Waals surface area contributed by atoms with E-state index in [1.165, 1.54) is 0 Å². The third-order valence-electron chi connectivity index (χ3n) is 2.16. The molecule has 2 aromatic rings. The summed E-state index contributed by atoms with van der Waals surface area (Å²) in [5, 5.41) is 10.2. The standard InChI is InChI=1S/C9H5N3O5/c13-7-5-2-1-4(12(16)17)3-6(5)8(14)11-9(15)10-7/h1-3H,(H2,10,11,13,14,15). The minimum absolute atomic E-state index is 0.0843. The van der Waals surface area contributed by atoms with Gasteiger partial charge in [-0.2, -0.15) is 0 Å². The molecule has 0 unspecified atom stereocenters. The Labute approximate surface area is 91.7 Å². The fourth-order valence-electron chi connectivity index (χ4n) is 1.40. The molecule has 0 aliphatic carbocycles. The van der Waals surface area contributed by atoms with E-state index >= 15 is 0 Å². The van der Waals surface area contributed by atoms with Crippen molar-refractivity contribution in [2.45, 2.75) is 0 Å². The molecule has 1 aromatic carbocycles. The van der Waals surface area contributed by atoms with Gasteiger partial charge in [-0.25, -0.2) is 4.79 Å². The quantitative estimate of drug-likeness (QED) is 0.508. The number of non-ortho nitro benzene ring substituents is 1. The predicted molar refractivity (Wildman–Crippen MR) is 58.1 cm³/mol. The molecule has 8 nitrogen and oxygen atoms in total. The van der Waals surface area contributed by atoms with Crippen LogP contribution in [0.5, 0.6) is 0 Å². The van der Waals surface area contributed by atoms with E-state index in [1.54, 1.807) is 0 Å². The van der Waals surface area contributed by atoms with Gasteiger partial charge >= 0.3 is 5.69 Å². The number of nitro benzene ring substituents is 1. The predicted octanol–water partition coefficient (Wildman–Crippen LogP) is -0.515. The van der Waals surface area contributed by atoms with Gasteiger partial charge in [0.2, 0.25) is 0 Å². The number of aromatic nitrogens is 2. The Kier molecular flexibility index (Phi) is 2.32. The molecule has 1 heterocycles. The lowest BCUT2D eigenvalue weighted by Gasteiger charge is -1.91. The fourth-order valence-corrected chi connectivity index (χ4v) is 1.40. The Morgan fingerprint density at radius 3 is 2.18 bits per heavy atom. The van der Waals surface area contributed by atoms with Crippen LogP contribution in [0.3, 0.4) is 0 Å². The van der Waals surface area contributed by atoms with Crippen molar-refractivity contribution in [3.05, 3.63) is 59.5 Å². The van der Waals surface area contributed by atoms with Gasteiger partial charge in [-0.1, -0.05) is 0 Å². The molecule has 0 bridgehead atoms. The van der Waals surface area contributed by atoms with Gasteiger partial charge in [0, 0.05) is 12.1 Å². The Bertz CT molecular complexity index is 789. The van der Waals surface area contributed by atoms with Crippen molar-refractivity contribution >= 4 is 16.5 Å². The summed E-state index contributed by atoms with van der Waals surface area (Å²) in [5.74, 6) is 0. The lowest BCUT2D eigenvalue weighted by Crippen LogP contribution is -2.19. The van der Waals surface area contributed by atoms with E-state index in [0.29, 0.717) is 0 Å². The van der Waals surface area contributed by atoms with Gasteiger partial charge < -0.3 is 0 Å². The number of aromatic amines is 2. The van der Waals surface area contributed by atoms with E-state index in [2.05, 4.69) is 0 Å². The molecule has 0 aliphatic rings. The number of rotatable bonds is 1. The van der Waals surface area contributed by atoms with Gasteiger partial charge in [0.1, 0.15) is 0 Å². The van der Waals surface area contributed by atoms with E-state index in [9.17, 15) is 24.5 Å². The second-order valence-corrected chi connectivity index (χ2v) is 3.22. The van der Waals surface area contributed by atoms with Gasteiger partial charge in [0.15, 0.2) is 0 Å². The van der Waals surface area contributed by atoms with Crippen LogP contribution in [0.4, 0.5) is 5.69 Å². The van der Waals surface area contributed by atoms with E-state index in [1.807, 2.05) is 9.97 Å².